The summed E-state index contributed by atoms with van der Waals surface area (Å²) in [5.41, 5.74) is 2.18. The molecule has 3 rings (SSSR count). The van der Waals surface area contributed by atoms with E-state index in [4.69, 9.17) is 17.7 Å². The zero-order valence-corrected chi connectivity index (χ0v) is 23.4. The van der Waals surface area contributed by atoms with Gasteiger partial charge in [-0.15, -0.1) is 0 Å². The van der Waals surface area contributed by atoms with Gasteiger partial charge in [-0.1, -0.05) is 6.07 Å². The van der Waals surface area contributed by atoms with E-state index in [-0.39, 0.29) is 16.5 Å². The lowest BCUT2D eigenvalue weighted by Gasteiger charge is -2.21. The Hall–Kier alpha value is -2.68. The fraction of sp³-hybridized carbons (Fsp3) is 0.333. The van der Waals surface area contributed by atoms with Crippen molar-refractivity contribution in [3.05, 3.63) is 72.8 Å². The molecular weight excluding hydrogens is 480 g/mol. The van der Waals surface area contributed by atoms with Crippen molar-refractivity contribution in [2.24, 2.45) is 0 Å². The number of anilines is 2. The van der Waals surface area contributed by atoms with E-state index in [1.165, 1.54) is 26.1 Å². The first kappa shape index (κ1) is 28.6. The Labute approximate surface area is 213 Å². The molecule has 0 saturated carbocycles. The van der Waals surface area contributed by atoms with Crippen LogP contribution in [-0.4, -0.2) is 53.0 Å². The summed E-state index contributed by atoms with van der Waals surface area (Å²) in [6.45, 7) is 6.25. The summed E-state index contributed by atoms with van der Waals surface area (Å²) in [4.78, 5) is 8.11. The minimum absolute atomic E-state index is 0.213. The second-order valence-corrected chi connectivity index (χ2v) is 12.9. The Morgan fingerprint density at radius 2 is 1.14 bits per heavy atom. The standard InChI is InChI=1S/C26H33N2OS.CH4O3S/c1-26(2,3)29-22-9-8-10-25(19-22)30(23-15-11-20(12-16-23)27(4)5)24-17-13-21(14-18-24)28(6)7;1-5(2,3)4/h8-19H,1-7H3;1H3,(H,2,3,4)/q+1;/p-1. The lowest BCUT2D eigenvalue weighted by Crippen LogP contribution is -2.23. The Morgan fingerprint density at radius 1 is 0.743 bits per heavy atom. The average Bonchev–Trinajstić information content (AvgIpc) is 2.72. The first-order chi connectivity index (χ1) is 16.1. The van der Waals surface area contributed by atoms with Crippen molar-refractivity contribution in [2.45, 2.75) is 41.1 Å². The lowest BCUT2D eigenvalue weighted by atomic mass is 10.2. The number of nitrogens with zero attached hydrogens (tertiary/aromatic N) is 2. The fourth-order valence-corrected chi connectivity index (χ4v) is 5.27. The zero-order chi connectivity index (χ0) is 26.4. The highest BCUT2D eigenvalue weighted by Crippen LogP contribution is 2.35. The molecule has 0 saturated heterocycles. The van der Waals surface area contributed by atoms with Crippen molar-refractivity contribution in [3.63, 3.8) is 0 Å². The van der Waals surface area contributed by atoms with Crippen molar-refractivity contribution < 1.29 is 17.7 Å². The van der Waals surface area contributed by atoms with Gasteiger partial charge in [-0.2, -0.15) is 0 Å². The predicted molar refractivity (Wildman–Crippen MR) is 146 cm³/mol. The van der Waals surface area contributed by atoms with E-state index in [9.17, 15) is 0 Å². The summed E-state index contributed by atoms with van der Waals surface area (Å²) in [6.07, 6.45) is 0.604. The molecule has 0 aliphatic heterocycles. The van der Waals surface area contributed by atoms with Gasteiger partial charge in [0, 0.05) is 51.9 Å². The molecule has 0 aliphatic rings. The van der Waals surface area contributed by atoms with E-state index in [1.807, 2.05) is 6.07 Å². The molecule has 8 heteroatoms. The van der Waals surface area contributed by atoms with Crippen LogP contribution >= 0.6 is 0 Å². The molecule has 6 nitrogen and oxygen atoms in total. The molecule has 0 unspecified atom stereocenters. The van der Waals surface area contributed by atoms with Crippen LogP contribution in [0.15, 0.2) is 87.5 Å². The summed E-state index contributed by atoms with van der Waals surface area (Å²) >= 11 is 0. The van der Waals surface area contributed by atoms with Crippen LogP contribution in [0.5, 0.6) is 5.75 Å². The van der Waals surface area contributed by atoms with Crippen molar-refractivity contribution in [3.8, 4) is 5.75 Å². The Balaban J connectivity index is 0.000000784. The highest BCUT2D eigenvalue weighted by Gasteiger charge is 2.29. The van der Waals surface area contributed by atoms with E-state index >= 15 is 0 Å². The third kappa shape index (κ3) is 9.84. The Bertz CT molecular complexity index is 1130. The number of hydrogen-bond donors (Lipinski definition) is 0. The summed E-state index contributed by atoms with van der Waals surface area (Å²) in [5, 5.41) is 0. The molecule has 3 aromatic rings. The van der Waals surface area contributed by atoms with Crippen LogP contribution < -0.4 is 14.5 Å². The van der Waals surface area contributed by atoms with Crippen LogP contribution in [0.3, 0.4) is 0 Å². The minimum atomic E-state index is -3.92. The van der Waals surface area contributed by atoms with E-state index in [0.717, 1.165) is 5.75 Å². The molecule has 0 heterocycles. The lowest BCUT2D eigenvalue weighted by molar-refractivity contribution is 0.130. The van der Waals surface area contributed by atoms with E-state index in [0.29, 0.717) is 6.26 Å². The van der Waals surface area contributed by atoms with Gasteiger partial charge in [0.1, 0.15) is 11.4 Å². The molecule has 0 aromatic heterocycles. The van der Waals surface area contributed by atoms with Crippen molar-refractivity contribution >= 4 is 32.4 Å². The first-order valence-electron chi connectivity index (χ1n) is 11.1. The fourth-order valence-electron chi connectivity index (χ4n) is 3.19. The molecule has 0 aliphatic carbocycles. The molecule has 35 heavy (non-hydrogen) atoms. The molecule has 0 fully saturated rings. The van der Waals surface area contributed by atoms with Gasteiger partial charge in [0.25, 0.3) is 0 Å². The number of ether oxygens (including phenoxy) is 1. The average molecular weight is 517 g/mol. The molecular formula is C27H36N2O4S2. The molecule has 0 atom stereocenters. The highest BCUT2D eigenvalue weighted by molar-refractivity contribution is 7.97. The van der Waals surface area contributed by atoms with Crippen molar-refractivity contribution in [1.82, 2.24) is 0 Å². The van der Waals surface area contributed by atoms with Crippen LogP contribution in [0.2, 0.25) is 0 Å². The van der Waals surface area contributed by atoms with Crippen LogP contribution in [0.4, 0.5) is 11.4 Å². The SMILES string of the molecule is CN(C)c1ccc([S+](c2ccc(N(C)C)cc2)c2cccc(OC(C)(C)C)c2)cc1.CS(=O)(=O)[O-]. The van der Waals surface area contributed by atoms with Crippen molar-refractivity contribution in [2.75, 3.05) is 44.2 Å². The van der Waals surface area contributed by atoms with E-state index < -0.39 is 10.1 Å². The smallest absolute Gasteiger partial charge is 0.170 e. The molecule has 0 N–H and O–H groups in total. The van der Waals surface area contributed by atoms with Gasteiger partial charge in [-0.05, 0) is 81.4 Å². The maximum atomic E-state index is 9.08. The molecule has 0 spiro atoms. The largest absolute Gasteiger partial charge is 0.748 e. The maximum absolute atomic E-state index is 9.08. The second kappa shape index (κ2) is 11.8. The van der Waals surface area contributed by atoms with Gasteiger partial charge in [0.2, 0.25) is 0 Å². The van der Waals surface area contributed by atoms with Crippen LogP contribution in [0.25, 0.3) is 0 Å². The van der Waals surface area contributed by atoms with Gasteiger partial charge in [0.05, 0.1) is 21.0 Å². The van der Waals surface area contributed by atoms with Gasteiger partial charge in [-0.3, -0.25) is 0 Å². The highest BCUT2D eigenvalue weighted by atomic mass is 32.2. The molecule has 3 aromatic carbocycles. The topological polar surface area (TPSA) is 72.9 Å². The predicted octanol–water partition coefficient (Wildman–Crippen LogP) is 5.25. The maximum Gasteiger partial charge on any atom is 0.170 e. The number of hydrogen-bond acceptors (Lipinski definition) is 6. The van der Waals surface area contributed by atoms with E-state index in [1.54, 1.807) is 0 Å². The molecule has 190 valence electrons. The summed E-state index contributed by atoms with van der Waals surface area (Å²) in [5.74, 6) is 0.910. The van der Waals surface area contributed by atoms with Crippen LogP contribution in [0, 0.1) is 0 Å². The molecule has 0 radical (unpaired) electrons. The summed E-state index contributed by atoms with van der Waals surface area (Å²) in [6, 6.07) is 26.3. The van der Waals surface area contributed by atoms with Gasteiger partial charge < -0.3 is 19.1 Å². The Morgan fingerprint density at radius 3 is 1.49 bits per heavy atom. The number of benzene rings is 3. The van der Waals surface area contributed by atoms with Crippen LogP contribution in [0.1, 0.15) is 20.8 Å². The minimum Gasteiger partial charge on any atom is -0.748 e. The van der Waals surface area contributed by atoms with Gasteiger partial charge >= 0.3 is 0 Å². The second-order valence-electron chi connectivity index (χ2n) is 9.48. The van der Waals surface area contributed by atoms with Gasteiger partial charge in [-0.25, -0.2) is 8.42 Å². The molecule has 0 amide bonds. The first-order valence-corrected chi connectivity index (χ1v) is 14.2. The molecule has 0 bridgehead atoms. The zero-order valence-electron chi connectivity index (χ0n) is 21.8. The summed E-state index contributed by atoms with van der Waals surface area (Å²) < 4.78 is 33.4. The van der Waals surface area contributed by atoms with Crippen LogP contribution in [-0.2, 0) is 21.0 Å². The van der Waals surface area contributed by atoms with Crippen molar-refractivity contribution in [1.29, 1.82) is 0 Å². The normalized spacial score (nSPS) is 11.5. The third-order valence-corrected chi connectivity index (χ3v) is 6.86. The number of rotatable bonds is 6. The van der Waals surface area contributed by atoms with E-state index in [2.05, 4.69) is 125 Å². The van der Waals surface area contributed by atoms with Gasteiger partial charge in [0.15, 0.2) is 14.7 Å². The quantitative estimate of drug-likeness (QED) is 0.329. The monoisotopic (exact) mass is 516 g/mol. The third-order valence-electron chi connectivity index (χ3n) is 4.64. The Kier molecular flexibility index (Phi) is 9.66. The summed E-state index contributed by atoms with van der Waals surface area (Å²) in [7, 11) is 4.16.